The highest BCUT2D eigenvalue weighted by Crippen LogP contribution is 2.29. The Labute approximate surface area is 72.2 Å². The van der Waals surface area contributed by atoms with Crippen LogP contribution in [0.4, 0.5) is 0 Å². The van der Waals surface area contributed by atoms with Crippen molar-refractivity contribution >= 4 is 17.5 Å². The molecule has 0 fully saturated rings. The van der Waals surface area contributed by atoms with Gasteiger partial charge in [-0.3, -0.25) is 0 Å². The lowest BCUT2D eigenvalue weighted by molar-refractivity contribution is -0.149. The van der Waals surface area contributed by atoms with Crippen LogP contribution in [0.15, 0.2) is 22.8 Å². The zero-order chi connectivity index (χ0) is 9.42. The molecule has 1 aromatic rings. The quantitative estimate of drug-likeness (QED) is 0.501. The minimum absolute atomic E-state index is 0.0455. The van der Waals surface area contributed by atoms with E-state index in [9.17, 15) is 9.59 Å². The summed E-state index contributed by atoms with van der Waals surface area (Å²) in [6.07, 6.45) is 2.18. The minimum atomic E-state index is -0.810. The highest BCUT2D eigenvalue weighted by molar-refractivity contribution is 6.28. The van der Waals surface area contributed by atoms with Crippen LogP contribution in [0.25, 0.3) is 5.57 Å². The molecular formula is C8H4O5. The summed E-state index contributed by atoms with van der Waals surface area (Å²) in [6.45, 7) is 0. The average Bonchev–Trinajstić information content (AvgIpc) is 2.58. The van der Waals surface area contributed by atoms with Crippen LogP contribution in [0.5, 0.6) is 5.75 Å². The summed E-state index contributed by atoms with van der Waals surface area (Å²) >= 11 is 0. The third-order valence-electron chi connectivity index (χ3n) is 1.56. The minimum Gasteiger partial charge on any atom is -0.504 e. The Hall–Kier alpha value is -2.04. The van der Waals surface area contributed by atoms with E-state index in [1.54, 1.807) is 0 Å². The fraction of sp³-hybridized carbons (Fsp3) is 0. The molecule has 0 aromatic carbocycles. The van der Waals surface area contributed by atoms with Crippen molar-refractivity contribution in [3.63, 3.8) is 0 Å². The van der Waals surface area contributed by atoms with Gasteiger partial charge in [-0.05, 0) is 0 Å². The highest BCUT2D eigenvalue weighted by Gasteiger charge is 2.29. The van der Waals surface area contributed by atoms with Crippen LogP contribution in [-0.4, -0.2) is 17.0 Å². The molecule has 2 heterocycles. The lowest BCUT2D eigenvalue weighted by Crippen LogP contribution is -2.00. The summed E-state index contributed by atoms with van der Waals surface area (Å²) < 4.78 is 9.01. The van der Waals surface area contributed by atoms with Gasteiger partial charge in [0.25, 0.3) is 0 Å². The lowest BCUT2D eigenvalue weighted by Gasteiger charge is -1.93. The van der Waals surface area contributed by atoms with Crippen LogP contribution in [0.1, 0.15) is 5.76 Å². The van der Waals surface area contributed by atoms with Crippen LogP contribution in [-0.2, 0) is 14.3 Å². The molecule has 2 rings (SSSR count). The number of rotatable bonds is 1. The molecule has 13 heavy (non-hydrogen) atoms. The molecule has 0 bridgehead atoms. The Morgan fingerprint density at radius 2 is 2.08 bits per heavy atom. The summed E-state index contributed by atoms with van der Waals surface area (Å²) in [6, 6.07) is 1.27. The van der Waals surface area contributed by atoms with Crippen LogP contribution >= 0.6 is 0 Å². The molecular weight excluding hydrogens is 176 g/mol. The van der Waals surface area contributed by atoms with Crippen molar-refractivity contribution in [1.82, 2.24) is 0 Å². The molecule has 0 saturated carbocycles. The fourth-order valence-corrected chi connectivity index (χ4v) is 1.01. The van der Waals surface area contributed by atoms with Crippen LogP contribution in [0.3, 0.4) is 0 Å². The van der Waals surface area contributed by atoms with E-state index in [1.165, 1.54) is 12.3 Å². The first kappa shape index (κ1) is 7.60. The maximum absolute atomic E-state index is 11.0. The largest absolute Gasteiger partial charge is 0.504 e. The first-order valence-corrected chi connectivity index (χ1v) is 3.43. The molecule has 0 aliphatic carbocycles. The van der Waals surface area contributed by atoms with Crippen molar-refractivity contribution in [3.8, 4) is 5.75 Å². The van der Waals surface area contributed by atoms with Crippen molar-refractivity contribution in [2.24, 2.45) is 0 Å². The van der Waals surface area contributed by atoms with E-state index in [-0.39, 0.29) is 17.1 Å². The van der Waals surface area contributed by atoms with Crippen LogP contribution in [0, 0.1) is 0 Å². The summed E-state index contributed by atoms with van der Waals surface area (Å²) in [5.74, 6) is -1.81. The molecule has 0 amide bonds. The number of carbonyl (C=O) groups is 2. The second-order valence-electron chi connectivity index (χ2n) is 2.40. The van der Waals surface area contributed by atoms with Gasteiger partial charge in [-0.1, -0.05) is 0 Å². The summed E-state index contributed by atoms with van der Waals surface area (Å²) in [5, 5.41) is 9.16. The van der Waals surface area contributed by atoms with E-state index in [2.05, 4.69) is 4.74 Å². The van der Waals surface area contributed by atoms with Crippen molar-refractivity contribution in [3.05, 3.63) is 24.2 Å². The third kappa shape index (κ3) is 1.10. The molecule has 0 unspecified atom stereocenters. The molecule has 0 spiro atoms. The Bertz CT molecular complexity index is 412. The smallest absolute Gasteiger partial charge is 0.350 e. The Balaban J connectivity index is 2.48. The Kier molecular flexibility index (Phi) is 1.45. The van der Waals surface area contributed by atoms with E-state index in [1.807, 2.05) is 0 Å². The summed E-state index contributed by atoms with van der Waals surface area (Å²) in [7, 11) is 0. The predicted molar refractivity (Wildman–Crippen MR) is 39.4 cm³/mol. The normalized spacial score (nSPS) is 15.8. The van der Waals surface area contributed by atoms with Gasteiger partial charge in [-0.25, -0.2) is 9.59 Å². The van der Waals surface area contributed by atoms with Gasteiger partial charge in [-0.15, -0.1) is 0 Å². The molecule has 0 radical (unpaired) electrons. The van der Waals surface area contributed by atoms with Gasteiger partial charge in [0.1, 0.15) is 5.57 Å². The van der Waals surface area contributed by atoms with E-state index >= 15 is 0 Å². The molecule has 0 atom stereocenters. The number of aromatic hydroxyl groups is 1. The van der Waals surface area contributed by atoms with Crippen molar-refractivity contribution in [2.75, 3.05) is 0 Å². The Morgan fingerprint density at radius 1 is 1.31 bits per heavy atom. The van der Waals surface area contributed by atoms with Crippen LogP contribution < -0.4 is 0 Å². The van der Waals surface area contributed by atoms with Gasteiger partial charge in [0.15, 0.2) is 11.5 Å². The highest BCUT2D eigenvalue weighted by atomic mass is 16.6. The zero-order valence-electron chi connectivity index (χ0n) is 6.31. The maximum atomic E-state index is 11.0. The molecule has 66 valence electrons. The molecule has 1 aliphatic heterocycles. The van der Waals surface area contributed by atoms with E-state index in [0.29, 0.717) is 0 Å². The monoisotopic (exact) mass is 180 g/mol. The second kappa shape index (κ2) is 2.48. The van der Waals surface area contributed by atoms with Crippen molar-refractivity contribution in [2.45, 2.75) is 0 Å². The van der Waals surface area contributed by atoms with Gasteiger partial charge in [-0.2, -0.15) is 0 Å². The fourth-order valence-electron chi connectivity index (χ4n) is 1.01. The zero-order valence-corrected chi connectivity index (χ0v) is 6.31. The number of cyclic esters (lactones) is 2. The van der Waals surface area contributed by atoms with E-state index < -0.39 is 11.9 Å². The van der Waals surface area contributed by atoms with E-state index in [0.717, 1.165) is 6.08 Å². The number of hydrogen-bond acceptors (Lipinski definition) is 5. The first-order valence-electron chi connectivity index (χ1n) is 3.43. The number of esters is 2. The summed E-state index contributed by atoms with van der Waals surface area (Å²) in [5.41, 5.74) is -0.0625. The lowest BCUT2D eigenvalue weighted by atomic mass is 10.2. The number of furan rings is 1. The first-order chi connectivity index (χ1) is 6.18. The average molecular weight is 180 g/mol. The summed E-state index contributed by atoms with van der Waals surface area (Å²) in [4.78, 5) is 21.6. The second-order valence-corrected chi connectivity index (χ2v) is 2.40. The molecule has 1 aromatic heterocycles. The molecule has 1 aliphatic rings. The maximum Gasteiger partial charge on any atom is 0.350 e. The number of ether oxygens (including phenoxy) is 1. The third-order valence-corrected chi connectivity index (χ3v) is 1.56. The molecule has 1 N–H and O–H groups in total. The van der Waals surface area contributed by atoms with Gasteiger partial charge in [0.05, 0.1) is 6.26 Å². The molecule has 0 saturated heterocycles. The van der Waals surface area contributed by atoms with Crippen molar-refractivity contribution < 1.29 is 23.8 Å². The van der Waals surface area contributed by atoms with Crippen LogP contribution in [0.2, 0.25) is 0 Å². The molecule has 5 heteroatoms. The number of hydrogen-bond donors (Lipinski definition) is 1. The SMILES string of the molecule is O=C1C=C(c2occc2O)C(=O)O1. The van der Waals surface area contributed by atoms with Gasteiger partial charge >= 0.3 is 11.9 Å². The van der Waals surface area contributed by atoms with E-state index in [4.69, 9.17) is 9.52 Å². The number of carbonyl (C=O) groups excluding carboxylic acids is 2. The topological polar surface area (TPSA) is 76.7 Å². The predicted octanol–water partition coefficient (Wildman–Crippen LogP) is 0.452. The van der Waals surface area contributed by atoms with Gasteiger partial charge in [0.2, 0.25) is 0 Å². The Morgan fingerprint density at radius 3 is 2.54 bits per heavy atom. The van der Waals surface area contributed by atoms with Gasteiger partial charge < -0.3 is 14.3 Å². The van der Waals surface area contributed by atoms with Crippen molar-refractivity contribution in [1.29, 1.82) is 0 Å². The molecule has 5 nitrogen and oxygen atoms in total. The standard InChI is InChI=1S/C8H4O5/c9-5-1-2-12-7(5)4-3-6(10)13-8(4)11/h1-3,9H. The van der Waals surface area contributed by atoms with Gasteiger partial charge in [0, 0.05) is 12.1 Å².